The van der Waals surface area contributed by atoms with Crippen LogP contribution >= 0.6 is 0 Å². The van der Waals surface area contributed by atoms with Gasteiger partial charge in [-0.1, -0.05) is 0 Å². The molecule has 10 heteroatoms. The van der Waals surface area contributed by atoms with Gasteiger partial charge in [0.25, 0.3) is 5.91 Å². The van der Waals surface area contributed by atoms with Crippen LogP contribution in [0.15, 0.2) is 24.3 Å². The van der Waals surface area contributed by atoms with Crippen LogP contribution in [0.1, 0.15) is 58.6 Å². The molecule has 0 radical (unpaired) electrons. The lowest BCUT2D eigenvalue weighted by molar-refractivity contribution is -0.138. The van der Waals surface area contributed by atoms with Crippen molar-refractivity contribution < 1.29 is 23.9 Å². The number of esters is 1. The van der Waals surface area contributed by atoms with Gasteiger partial charge in [0.1, 0.15) is 11.4 Å². The Morgan fingerprint density at radius 3 is 2.37 bits per heavy atom. The van der Waals surface area contributed by atoms with Crippen molar-refractivity contribution in [2.75, 3.05) is 40.4 Å². The molecule has 0 N–H and O–H groups in total. The van der Waals surface area contributed by atoms with Gasteiger partial charge in [0.15, 0.2) is 5.69 Å². The third-order valence-electron chi connectivity index (χ3n) is 7.27. The van der Waals surface area contributed by atoms with Crippen LogP contribution in [0.3, 0.4) is 0 Å². The molecule has 2 fully saturated rings. The van der Waals surface area contributed by atoms with E-state index in [1.54, 1.807) is 36.4 Å². The Balaban J connectivity index is 1.39. The number of aromatic nitrogens is 2. The topological polar surface area (TPSA) is 97.2 Å². The molecule has 3 aliphatic rings. The monoisotopic (exact) mass is 481 g/mol. The molecule has 0 saturated carbocycles. The van der Waals surface area contributed by atoms with Crippen LogP contribution in [0.4, 0.5) is 0 Å². The number of fused-ring (bicyclic) bond motifs is 1. The highest BCUT2D eigenvalue weighted by Gasteiger charge is 2.39. The van der Waals surface area contributed by atoms with E-state index in [4.69, 9.17) is 9.47 Å². The Morgan fingerprint density at radius 2 is 1.71 bits per heavy atom. The number of hydrazine groups is 1. The lowest BCUT2D eigenvalue weighted by atomic mass is 9.99. The summed E-state index contributed by atoms with van der Waals surface area (Å²) in [5, 5.41) is 8.35. The highest BCUT2D eigenvalue weighted by atomic mass is 16.5. The van der Waals surface area contributed by atoms with Crippen LogP contribution in [0.2, 0.25) is 0 Å². The molecule has 1 aromatic heterocycles. The summed E-state index contributed by atoms with van der Waals surface area (Å²) in [7, 11) is 2.90. The summed E-state index contributed by atoms with van der Waals surface area (Å²) >= 11 is 0. The third-order valence-corrected chi connectivity index (χ3v) is 7.27. The molecule has 1 aromatic carbocycles. The number of piperidine rings is 2. The zero-order chi connectivity index (χ0) is 24.5. The average Bonchev–Trinajstić information content (AvgIpc) is 3.29. The van der Waals surface area contributed by atoms with Gasteiger partial charge in [0, 0.05) is 44.2 Å². The Hall–Kier alpha value is -3.40. The van der Waals surface area contributed by atoms with Crippen molar-refractivity contribution >= 4 is 17.8 Å². The normalized spacial score (nSPS) is 19.6. The predicted octanol–water partition coefficient (Wildman–Crippen LogP) is 2.06. The quantitative estimate of drug-likeness (QED) is 0.603. The van der Waals surface area contributed by atoms with E-state index >= 15 is 0 Å². The first-order chi connectivity index (χ1) is 17.0. The van der Waals surface area contributed by atoms with E-state index in [0.29, 0.717) is 55.2 Å². The molecule has 5 rings (SSSR count). The molecule has 0 spiro atoms. The summed E-state index contributed by atoms with van der Waals surface area (Å²) in [5.41, 5.74) is 1.83. The molecule has 0 atom stereocenters. The summed E-state index contributed by atoms with van der Waals surface area (Å²) in [6, 6.07) is 7.43. The molecule has 3 aliphatic heterocycles. The number of hydrogen-bond donors (Lipinski definition) is 0. The average molecular weight is 482 g/mol. The minimum atomic E-state index is -0.554. The van der Waals surface area contributed by atoms with E-state index in [9.17, 15) is 14.4 Å². The van der Waals surface area contributed by atoms with Gasteiger partial charge in [-0.25, -0.2) is 14.5 Å². The van der Waals surface area contributed by atoms with Gasteiger partial charge in [0.2, 0.25) is 5.91 Å². The number of carbonyl (C=O) groups excluding carboxylic acids is 3. The maximum absolute atomic E-state index is 13.8. The molecular weight excluding hydrogens is 450 g/mol. The van der Waals surface area contributed by atoms with Crippen molar-refractivity contribution in [3.63, 3.8) is 0 Å². The van der Waals surface area contributed by atoms with E-state index in [2.05, 4.69) is 10.1 Å². The highest BCUT2D eigenvalue weighted by Crippen LogP contribution is 2.29. The van der Waals surface area contributed by atoms with Crippen LogP contribution in [0.25, 0.3) is 5.69 Å². The molecule has 35 heavy (non-hydrogen) atoms. The van der Waals surface area contributed by atoms with E-state index in [-0.39, 0.29) is 23.6 Å². The second-order valence-corrected chi connectivity index (χ2v) is 9.18. The third kappa shape index (κ3) is 4.27. The molecule has 186 valence electrons. The minimum Gasteiger partial charge on any atom is -0.497 e. The molecule has 2 aromatic rings. The lowest BCUT2D eigenvalue weighted by Crippen LogP contribution is -2.56. The first-order valence-corrected chi connectivity index (χ1v) is 12.2. The van der Waals surface area contributed by atoms with Crippen LogP contribution in [-0.4, -0.2) is 88.9 Å². The Bertz CT molecular complexity index is 1120. The highest BCUT2D eigenvalue weighted by molar-refractivity contribution is 6.00. The van der Waals surface area contributed by atoms with Crippen LogP contribution < -0.4 is 4.74 Å². The first-order valence-electron chi connectivity index (χ1n) is 12.2. The second-order valence-electron chi connectivity index (χ2n) is 9.18. The maximum atomic E-state index is 13.8. The number of ether oxygens (including phenoxy) is 2. The van der Waals surface area contributed by atoms with Crippen molar-refractivity contribution in [1.82, 2.24) is 24.7 Å². The number of methoxy groups -OCH3 is 2. The Labute approximate surface area is 204 Å². The van der Waals surface area contributed by atoms with Crippen LogP contribution in [0, 0.1) is 0 Å². The summed E-state index contributed by atoms with van der Waals surface area (Å²) in [4.78, 5) is 40.6. The smallest absolute Gasteiger partial charge is 0.358 e. The summed E-state index contributed by atoms with van der Waals surface area (Å²) < 4.78 is 11.7. The fraction of sp³-hybridized carbons (Fsp3) is 0.520. The first kappa shape index (κ1) is 23.3. The van der Waals surface area contributed by atoms with E-state index in [0.717, 1.165) is 32.2 Å². The van der Waals surface area contributed by atoms with E-state index in [1.165, 1.54) is 11.8 Å². The molecule has 0 unspecified atom stereocenters. The van der Waals surface area contributed by atoms with E-state index < -0.39 is 5.97 Å². The van der Waals surface area contributed by atoms with Crippen molar-refractivity contribution in [3.8, 4) is 11.4 Å². The number of hydrogen-bond acceptors (Lipinski definition) is 7. The fourth-order valence-corrected chi connectivity index (χ4v) is 5.41. The van der Waals surface area contributed by atoms with Crippen molar-refractivity contribution in [1.29, 1.82) is 0 Å². The fourth-order valence-electron chi connectivity index (χ4n) is 5.41. The summed E-state index contributed by atoms with van der Waals surface area (Å²) in [5.74, 6) is 0.206. The maximum Gasteiger partial charge on any atom is 0.358 e. The molecule has 2 amide bonds. The zero-order valence-corrected chi connectivity index (χ0v) is 20.2. The standard InChI is InChI=1S/C25H31N5O5/c1-34-19-8-6-18(7-9-19)30-23-20(22(26-30)25(33)35-2)12-16-29(24(23)32)27-14-10-17(11-15-27)28-13-4-3-5-21(28)31/h6-9,17H,3-5,10-16H2,1-2H3. The molecule has 4 heterocycles. The van der Waals surface area contributed by atoms with Gasteiger partial charge in [-0.3, -0.25) is 14.6 Å². The van der Waals surface area contributed by atoms with Crippen molar-refractivity contribution in [2.45, 2.75) is 44.6 Å². The molecule has 0 bridgehead atoms. The molecule has 10 nitrogen and oxygen atoms in total. The SMILES string of the molecule is COC(=O)c1nn(-c2ccc(OC)cc2)c2c1CCN(N1CCC(N3CCCCC3=O)CC1)C2=O. The number of benzene rings is 1. The van der Waals surface area contributed by atoms with Gasteiger partial charge in [-0.05, 0) is 56.4 Å². The van der Waals surface area contributed by atoms with Gasteiger partial charge in [0.05, 0.1) is 19.9 Å². The van der Waals surface area contributed by atoms with Crippen molar-refractivity contribution in [2.24, 2.45) is 0 Å². The number of rotatable bonds is 5. The zero-order valence-electron chi connectivity index (χ0n) is 20.2. The van der Waals surface area contributed by atoms with Gasteiger partial charge >= 0.3 is 5.97 Å². The van der Waals surface area contributed by atoms with Gasteiger partial charge in [-0.15, -0.1) is 0 Å². The Morgan fingerprint density at radius 1 is 0.971 bits per heavy atom. The van der Waals surface area contributed by atoms with E-state index in [1.807, 2.05) is 4.90 Å². The van der Waals surface area contributed by atoms with Crippen LogP contribution in [-0.2, 0) is 16.0 Å². The second kappa shape index (κ2) is 9.69. The number of nitrogens with zero attached hydrogens (tertiary/aromatic N) is 5. The van der Waals surface area contributed by atoms with Gasteiger partial charge < -0.3 is 14.4 Å². The number of likely N-dealkylation sites (tertiary alicyclic amines) is 1. The number of amides is 2. The molecule has 2 saturated heterocycles. The minimum absolute atomic E-state index is 0.175. The van der Waals surface area contributed by atoms with Crippen LogP contribution in [0.5, 0.6) is 5.75 Å². The molecular formula is C25H31N5O5. The Kier molecular flexibility index (Phi) is 6.46. The lowest BCUT2D eigenvalue weighted by Gasteiger charge is -2.44. The largest absolute Gasteiger partial charge is 0.497 e. The predicted molar refractivity (Wildman–Crippen MR) is 126 cm³/mol. The number of carbonyl (C=O) groups is 3. The van der Waals surface area contributed by atoms with Gasteiger partial charge in [-0.2, -0.15) is 5.10 Å². The summed E-state index contributed by atoms with van der Waals surface area (Å²) in [6.45, 7) is 2.72. The molecule has 0 aliphatic carbocycles. The summed E-state index contributed by atoms with van der Waals surface area (Å²) in [6.07, 6.45) is 4.88. The van der Waals surface area contributed by atoms with Crippen molar-refractivity contribution in [3.05, 3.63) is 41.2 Å².